The average molecular weight is 328 g/mol. The number of phenolic OH excluding ortho intramolecular Hbond substituents is 2. The number of nitrogens with zero attached hydrogens (tertiary/aromatic N) is 1. The highest BCUT2D eigenvalue weighted by Gasteiger charge is 2.02. The van der Waals surface area contributed by atoms with E-state index in [2.05, 4.69) is 9.17 Å². The van der Waals surface area contributed by atoms with Gasteiger partial charge in [-0.25, -0.2) is 8.42 Å². The molecule has 0 heterocycles. The smallest absolute Gasteiger partial charge is 0.172 e. The highest BCUT2D eigenvalue weighted by atomic mass is 32.2. The van der Waals surface area contributed by atoms with Crippen LogP contribution in [-0.2, 0) is 26.6 Å². The third kappa shape index (κ3) is 4.83. The summed E-state index contributed by atoms with van der Waals surface area (Å²) in [6.45, 7) is 0. The van der Waals surface area contributed by atoms with E-state index < -0.39 is 22.3 Å². The number of phenols is 2. The van der Waals surface area contributed by atoms with E-state index in [0.717, 1.165) is 0 Å². The monoisotopic (exact) mass is 328 g/mol. The lowest BCUT2D eigenvalue weighted by molar-refractivity contribution is 0.466. The van der Waals surface area contributed by atoms with Gasteiger partial charge >= 0.3 is 0 Å². The summed E-state index contributed by atoms with van der Waals surface area (Å²) in [6, 6.07) is 10.9. The molecule has 0 fully saturated rings. The first-order valence-corrected chi connectivity index (χ1v) is 7.64. The van der Waals surface area contributed by atoms with Gasteiger partial charge in [0.2, 0.25) is 0 Å². The molecule has 0 aliphatic rings. The van der Waals surface area contributed by atoms with Crippen LogP contribution in [0.4, 0.5) is 0 Å². The van der Waals surface area contributed by atoms with E-state index in [9.17, 15) is 8.42 Å². The fourth-order valence-corrected chi connectivity index (χ4v) is 2.42. The van der Waals surface area contributed by atoms with E-state index in [0.29, 0.717) is 0 Å². The highest BCUT2D eigenvalue weighted by Crippen LogP contribution is 2.19. The molecule has 2 aromatic rings. The average Bonchev–Trinajstić information content (AvgIpc) is 2.48. The van der Waals surface area contributed by atoms with E-state index in [1.165, 1.54) is 48.5 Å². The molecule has 0 spiro atoms. The van der Waals surface area contributed by atoms with Gasteiger partial charge in [-0.2, -0.15) is 0 Å². The van der Waals surface area contributed by atoms with Crippen LogP contribution < -0.4 is 4.18 Å². The lowest BCUT2D eigenvalue weighted by Crippen LogP contribution is -2.02. The van der Waals surface area contributed by atoms with E-state index in [1.54, 1.807) is 0 Å². The Labute approximate surface area is 125 Å². The van der Waals surface area contributed by atoms with Crippen molar-refractivity contribution < 1.29 is 27.1 Å². The summed E-state index contributed by atoms with van der Waals surface area (Å²) in [4.78, 5) is 3.41. The Kier molecular flexibility index (Phi) is 5.28. The third-order valence-corrected chi connectivity index (χ3v) is 3.69. The zero-order valence-electron chi connectivity index (χ0n) is 10.4. The molecule has 0 bridgehead atoms. The maximum Gasteiger partial charge on any atom is 0.172 e. The van der Waals surface area contributed by atoms with Gasteiger partial charge < -0.3 is 23.6 Å². The van der Waals surface area contributed by atoms with Gasteiger partial charge in [0.05, 0.1) is 4.90 Å². The second-order valence-electron chi connectivity index (χ2n) is 3.67. The van der Waals surface area contributed by atoms with Crippen molar-refractivity contribution in [3.63, 3.8) is 0 Å². The van der Waals surface area contributed by atoms with Crippen LogP contribution >= 0.6 is 0 Å². The van der Waals surface area contributed by atoms with E-state index in [4.69, 9.17) is 14.4 Å². The van der Waals surface area contributed by atoms with Crippen LogP contribution in [0.25, 0.3) is 4.89 Å². The summed E-state index contributed by atoms with van der Waals surface area (Å²) in [5.41, 5.74) is 0. The van der Waals surface area contributed by atoms with Crippen LogP contribution in [0.1, 0.15) is 0 Å². The summed E-state index contributed by atoms with van der Waals surface area (Å²) in [5, 5.41) is 18.2. The topological polar surface area (TPSA) is 107 Å². The van der Waals surface area contributed by atoms with Gasteiger partial charge in [-0.1, -0.05) is 0 Å². The molecule has 21 heavy (non-hydrogen) atoms. The van der Waals surface area contributed by atoms with Crippen LogP contribution in [0, 0.1) is 0 Å². The molecule has 2 N–H and O–H groups in total. The van der Waals surface area contributed by atoms with Gasteiger partial charge in [0.1, 0.15) is 28.5 Å². The van der Waals surface area contributed by atoms with Gasteiger partial charge in [0, 0.05) is 0 Å². The maximum absolute atomic E-state index is 11.6. The summed E-state index contributed by atoms with van der Waals surface area (Å²) in [5.74, 6) is 0.260. The molecule has 0 saturated carbocycles. The fourth-order valence-electron chi connectivity index (χ4n) is 1.25. The minimum absolute atomic E-state index is 0.0203. The van der Waals surface area contributed by atoms with Gasteiger partial charge in [-0.3, -0.25) is 0 Å². The Morgan fingerprint density at radius 2 is 1.38 bits per heavy atom. The molecule has 0 aliphatic carbocycles. The molecule has 2 atom stereocenters. The maximum atomic E-state index is 11.6. The summed E-state index contributed by atoms with van der Waals surface area (Å²) in [7, 11) is 0. The number of hydrogen-bond acceptors (Lipinski definition) is 6. The number of rotatable bonds is 6. The first kappa shape index (κ1) is 15.4. The molecule has 112 valence electrons. The van der Waals surface area contributed by atoms with Gasteiger partial charge in [-0.05, 0) is 48.5 Å². The first-order valence-electron chi connectivity index (χ1n) is 5.53. The second-order valence-corrected chi connectivity index (χ2v) is 5.51. The quantitative estimate of drug-likeness (QED) is 0.786. The lowest BCUT2D eigenvalue weighted by Gasteiger charge is -2.18. The Morgan fingerprint density at radius 1 is 0.857 bits per heavy atom. The van der Waals surface area contributed by atoms with Crippen LogP contribution in [0.3, 0.4) is 0 Å². The largest absolute Gasteiger partial charge is 0.508 e. The van der Waals surface area contributed by atoms with Crippen molar-refractivity contribution in [3.8, 4) is 17.2 Å². The van der Waals surface area contributed by atoms with Crippen LogP contribution in [0.5, 0.6) is 17.2 Å². The number of benzene rings is 2. The molecule has 0 saturated heterocycles. The molecule has 0 aliphatic heterocycles. The van der Waals surface area contributed by atoms with Gasteiger partial charge in [0.15, 0.2) is 11.1 Å². The SMILES string of the molecule is O=S([N-]OS(=O)c1ccc(O)cc1)Oc1ccc(O)cc1. The van der Waals surface area contributed by atoms with Crippen molar-refractivity contribution in [2.45, 2.75) is 4.90 Å². The normalized spacial score (nSPS) is 13.5. The molecule has 0 radical (unpaired) electrons. The molecular formula is C12H10NO6S2-. The zero-order chi connectivity index (χ0) is 15.2. The second kappa shape index (κ2) is 7.18. The Bertz CT molecular complexity index is 644. The molecule has 7 nitrogen and oxygen atoms in total. The minimum Gasteiger partial charge on any atom is -0.508 e. The summed E-state index contributed by atoms with van der Waals surface area (Å²) in [6.07, 6.45) is 0. The van der Waals surface area contributed by atoms with E-state index >= 15 is 0 Å². The van der Waals surface area contributed by atoms with E-state index in [-0.39, 0.29) is 22.1 Å². The Morgan fingerprint density at radius 3 is 1.95 bits per heavy atom. The van der Waals surface area contributed by atoms with E-state index in [1.807, 2.05) is 0 Å². The number of aromatic hydroxyl groups is 2. The molecule has 0 amide bonds. The van der Waals surface area contributed by atoms with Crippen molar-refractivity contribution >= 4 is 22.3 Å². The fraction of sp³-hybridized carbons (Fsp3) is 0. The van der Waals surface area contributed by atoms with Gasteiger partial charge in [0.25, 0.3) is 0 Å². The van der Waals surface area contributed by atoms with Crippen molar-refractivity contribution in [3.05, 3.63) is 53.4 Å². The van der Waals surface area contributed by atoms with Gasteiger partial charge in [-0.15, -0.1) is 0 Å². The summed E-state index contributed by atoms with van der Waals surface area (Å²) < 4.78 is 32.5. The minimum atomic E-state index is -2.20. The van der Waals surface area contributed by atoms with Crippen LogP contribution in [0.2, 0.25) is 0 Å². The highest BCUT2D eigenvalue weighted by molar-refractivity contribution is 7.85. The van der Waals surface area contributed by atoms with Crippen molar-refractivity contribution in [1.29, 1.82) is 0 Å². The molecule has 9 heteroatoms. The Balaban J connectivity index is 1.84. The zero-order valence-corrected chi connectivity index (χ0v) is 12.0. The van der Waals surface area contributed by atoms with Crippen LogP contribution in [0.15, 0.2) is 53.4 Å². The predicted molar refractivity (Wildman–Crippen MR) is 75.8 cm³/mol. The first-order chi connectivity index (χ1) is 10.0. The molecule has 2 unspecified atom stereocenters. The molecular weight excluding hydrogens is 318 g/mol. The summed E-state index contributed by atoms with van der Waals surface area (Å²) >= 11 is -4.16. The molecule has 0 aromatic heterocycles. The Hall–Kier alpha value is -1.94. The van der Waals surface area contributed by atoms with Crippen molar-refractivity contribution in [2.24, 2.45) is 0 Å². The third-order valence-electron chi connectivity index (χ3n) is 2.19. The standard InChI is InChI=1S/C12H10NO6S2/c14-9-1-5-11(6-2-9)18-21(17)13-19-20(16)12-7-3-10(15)4-8-12/h1-8,14-15H/q-1. The van der Waals surface area contributed by atoms with Crippen molar-refractivity contribution in [2.75, 3.05) is 0 Å². The molecule has 2 rings (SSSR count). The lowest BCUT2D eigenvalue weighted by atomic mass is 10.3. The van der Waals surface area contributed by atoms with Crippen LogP contribution in [-0.4, -0.2) is 18.6 Å². The van der Waals surface area contributed by atoms with Crippen molar-refractivity contribution in [1.82, 2.24) is 0 Å². The molecule has 2 aromatic carbocycles. The predicted octanol–water partition coefficient (Wildman–Crippen LogP) is 2.08. The number of hydrogen-bond donors (Lipinski definition) is 2.